The highest BCUT2D eigenvalue weighted by molar-refractivity contribution is 7.13. The lowest BCUT2D eigenvalue weighted by molar-refractivity contribution is -0.123. The lowest BCUT2D eigenvalue weighted by Gasteiger charge is -2.09. The number of hydrogen-bond donors (Lipinski definition) is 1. The molecular formula is C25H22N2O2S. The van der Waals surface area contributed by atoms with Gasteiger partial charge in [-0.05, 0) is 24.1 Å². The third-order valence-electron chi connectivity index (χ3n) is 4.72. The van der Waals surface area contributed by atoms with E-state index in [1.807, 2.05) is 73.7 Å². The predicted octanol–water partition coefficient (Wildman–Crippen LogP) is 5.48. The maximum absolute atomic E-state index is 12.1. The van der Waals surface area contributed by atoms with Gasteiger partial charge in [-0.1, -0.05) is 72.8 Å². The topological polar surface area (TPSA) is 51.2 Å². The minimum atomic E-state index is -0.144. The third-order valence-corrected chi connectivity index (χ3v) is 5.61. The second kappa shape index (κ2) is 9.37. The fraction of sp³-hybridized carbons (Fsp3) is 0.120. The number of carbonyl (C=O) groups is 1. The molecule has 1 N–H and O–H groups in total. The lowest BCUT2D eigenvalue weighted by Crippen LogP contribution is -2.28. The number of nitrogens with one attached hydrogen (secondary N) is 1. The van der Waals surface area contributed by atoms with Crippen LogP contribution in [-0.4, -0.2) is 17.5 Å². The summed E-state index contributed by atoms with van der Waals surface area (Å²) in [5.41, 5.74) is 5.19. The van der Waals surface area contributed by atoms with E-state index in [2.05, 4.69) is 22.8 Å². The van der Waals surface area contributed by atoms with Crippen LogP contribution in [0.4, 0.5) is 0 Å². The molecule has 0 aliphatic carbocycles. The second-order valence-electron chi connectivity index (χ2n) is 6.93. The molecule has 0 bridgehead atoms. The summed E-state index contributed by atoms with van der Waals surface area (Å²) in [5, 5.41) is 5.98. The van der Waals surface area contributed by atoms with Gasteiger partial charge in [-0.25, -0.2) is 4.98 Å². The molecular weight excluding hydrogens is 392 g/mol. The zero-order valence-corrected chi connectivity index (χ0v) is 17.5. The Labute approximate surface area is 180 Å². The average Bonchev–Trinajstić information content (AvgIpc) is 3.28. The van der Waals surface area contributed by atoms with Crippen molar-refractivity contribution in [3.05, 3.63) is 95.4 Å². The molecule has 0 saturated carbocycles. The molecule has 0 unspecified atom stereocenters. The number of aryl methyl sites for hydroxylation is 1. The van der Waals surface area contributed by atoms with Gasteiger partial charge in [0.2, 0.25) is 0 Å². The first-order chi connectivity index (χ1) is 14.7. The molecule has 1 aromatic heterocycles. The van der Waals surface area contributed by atoms with Gasteiger partial charge < -0.3 is 10.1 Å². The van der Waals surface area contributed by atoms with Gasteiger partial charge in [0.05, 0.1) is 5.69 Å². The first-order valence-electron chi connectivity index (χ1n) is 9.74. The Morgan fingerprint density at radius 2 is 1.67 bits per heavy atom. The molecule has 0 aliphatic rings. The van der Waals surface area contributed by atoms with Crippen LogP contribution in [0.3, 0.4) is 0 Å². The zero-order valence-electron chi connectivity index (χ0n) is 16.7. The number of benzene rings is 3. The maximum Gasteiger partial charge on any atom is 0.258 e. The van der Waals surface area contributed by atoms with Crippen molar-refractivity contribution in [2.75, 3.05) is 6.61 Å². The quantitative estimate of drug-likeness (QED) is 0.436. The Morgan fingerprint density at radius 3 is 2.43 bits per heavy atom. The summed E-state index contributed by atoms with van der Waals surface area (Å²) >= 11 is 1.64. The van der Waals surface area contributed by atoms with Gasteiger partial charge in [-0.15, -0.1) is 11.3 Å². The zero-order chi connectivity index (χ0) is 20.8. The van der Waals surface area contributed by atoms with Crippen LogP contribution in [0.2, 0.25) is 0 Å². The normalized spacial score (nSPS) is 10.6. The van der Waals surface area contributed by atoms with Gasteiger partial charge in [0.25, 0.3) is 5.91 Å². The lowest BCUT2D eigenvalue weighted by atomic mass is 10.1. The minimum Gasteiger partial charge on any atom is -0.484 e. The van der Waals surface area contributed by atoms with E-state index in [1.54, 1.807) is 11.3 Å². The van der Waals surface area contributed by atoms with Crippen molar-refractivity contribution in [1.82, 2.24) is 10.3 Å². The highest BCUT2D eigenvalue weighted by Gasteiger charge is 2.08. The molecule has 4 rings (SSSR count). The van der Waals surface area contributed by atoms with Gasteiger partial charge in [-0.2, -0.15) is 0 Å². The summed E-state index contributed by atoms with van der Waals surface area (Å²) in [5.74, 6) is 0.587. The summed E-state index contributed by atoms with van der Waals surface area (Å²) in [6.07, 6.45) is 0. The molecule has 1 heterocycles. The SMILES string of the molecule is Cc1ccccc1OCC(=O)NCc1ccc(-c2csc(-c3ccccc3)n2)cc1. The molecule has 3 aromatic carbocycles. The van der Waals surface area contributed by atoms with Crippen LogP contribution in [0.5, 0.6) is 5.75 Å². The fourth-order valence-corrected chi connectivity index (χ4v) is 3.86. The molecule has 4 aromatic rings. The summed E-state index contributed by atoms with van der Waals surface area (Å²) in [7, 11) is 0. The molecule has 5 heteroatoms. The molecule has 0 spiro atoms. The van der Waals surface area contributed by atoms with Crippen LogP contribution in [0, 0.1) is 6.92 Å². The number of amides is 1. The van der Waals surface area contributed by atoms with E-state index in [0.29, 0.717) is 6.54 Å². The van der Waals surface area contributed by atoms with Crippen molar-refractivity contribution >= 4 is 17.2 Å². The number of nitrogens with zero attached hydrogens (tertiary/aromatic N) is 1. The number of aromatic nitrogens is 1. The van der Waals surface area contributed by atoms with E-state index in [-0.39, 0.29) is 12.5 Å². The number of para-hydroxylation sites is 1. The monoisotopic (exact) mass is 414 g/mol. The van der Waals surface area contributed by atoms with E-state index in [1.165, 1.54) is 0 Å². The van der Waals surface area contributed by atoms with Gasteiger partial charge in [0.15, 0.2) is 6.61 Å². The molecule has 0 fully saturated rings. The largest absolute Gasteiger partial charge is 0.484 e. The van der Waals surface area contributed by atoms with E-state index in [4.69, 9.17) is 9.72 Å². The summed E-state index contributed by atoms with van der Waals surface area (Å²) in [6, 6.07) is 25.9. The highest BCUT2D eigenvalue weighted by atomic mass is 32.1. The molecule has 0 radical (unpaired) electrons. The van der Waals surface area contributed by atoms with E-state index >= 15 is 0 Å². The third kappa shape index (κ3) is 4.93. The van der Waals surface area contributed by atoms with Gasteiger partial charge in [0, 0.05) is 23.1 Å². The van der Waals surface area contributed by atoms with Crippen LogP contribution >= 0.6 is 11.3 Å². The summed E-state index contributed by atoms with van der Waals surface area (Å²) in [4.78, 5) is 16.8. The number of hydrogen-bond acceptors (Lipinski definition) is 4. The Hall–Kier alpha value is -3.44. The van der Waals surface area contributed by atoms with Crippen molar-refractivity contribution < 1.29 is 9.53 Å². The van der Waals surface area contributed by atoms with E-state index < -0.39 is 0 Å². The Morgan fingerprint density at radius 1 is 0.933 bits per heavy atom. The molecule has 0 atom stereocenters. The van der Waals surface area contributed by atoms with Crippen molar-refractivity contribution in [2.24, 2.45) is 0 Å². The van der Waals surface area contributed by atoms with Crippen LogP contribution in [-0.2, 0) is 11.3 Å². The standard InChI is InChI=1S/C25H22N2O2S/c1-18-7-5-6-10-23(18)29-16-24(28)26-15-19-11-13-20(14-12-19)22-17-30-25(27-22)21-8-3-2-4-9-21/h2-14,17H,15-16H2,1H3,(H,26,28). The average molecular weight is 415 g/mol. The minimum absolute atomic E-state index is 0.00399. The second-order valence-corrected chi connectivity index (χ2v) is 7.79. The Bertz CT molecular complexity index is 1120. The van der Waals surface area contributed by atoms with Gasteiger partial charge in [-0.3, -0.25) is 4.79 Å². The molecule has 0 saturated heterocycles. The predicted molar refractivity (Wildman–Crippen MR) is 122 cm³/mol. The van der Waals surface area contributed by atoms with Crippen molar-refractivity contribution in [1.29, 1.82) is 0 Å². The first-order valence-corrected chi connectivity index (χ1v) is 10.6. The number of carbonyl (C=O) groups excluding carboxylic acids is 1. The molecule has 0 aliphatic heterocycles. The highest BCUT2D eigenvalue weighted by Crippen LogP contribution is 2.28. The van der Waals surface area contributed by atoms with Crippen LogP contribution in [0.25, 0.3) is 21.8 Å². The van der Waals surface area contributed by atoms with E-state index in [0.717, 1.165) is 38.7 Å². The Balaban J connectivity index is 1.31. The molecule has 150 valence electrons. The Kier molecular flexibility index (Phi) is 6.20. The summed E-state index contributed by atoms with van der Waals surface area (Å²) in [6.45, 7) is 2.42. The number of ether oxygens (including phenoxy) is 1. The van der Waals surface area contributed by atoms with Crippen LogP contribution in [0.15, 0.2) is 84.2 Å². The van der Waals surface area contributed by atoms with Gasteiger partial charge >= 0.3 is 0 Å². The molecule has 1 amide bonds. The number of thiazole rings is 1. The summed E-state index contributed by atoms with van der Waals surface area (Å²) < 4.78 is 5.58. The molecule has 30 heavy (non-hydrogen) atoms. The van der Waals surface area contributed by atoms with Crippen LogP contribution in [0.1, 0.15) is 11.1 Å². The smallest absolute Gasteiger partial charge is 0.258 e. The van der Waals surface area contributed by atoms with E-state index in [9.17, 15) is 4.79 Å². The first kappa shape index (κ1) is 19.9. The van der Waals surface area contributed by atoms with Crippen molar-refractivity contribution in [3.63, 3.8) is 0 Å². The van der Waals surface area contributed by atoms with Crippen molar-refractivity contribution in [2.45, 2.75) is 13.5 Å². The fourth-order valence-electron chi connectivity index (χ4n) is 3.03. The van der Waals surface area contributed by atoms with Gasteiger partial charge in [0.1, 0.15) is 10.8 Å². The van der Waals surface area contributed by atoms with Crippen LogP contribution < -0.4 is 10.1 Å². The molecule has 4 nitrogen and oxygen atoms in total. The number of rotatable bonds is 7. The van der Waals surface area contributed by atoms with Crippen molar-refractivity contribution in [3.8, 4) is 27.6 Å². The maximum atomic E-state index is 12.1.